The van der Waals surface area contributed by atoms with Crippen LogP contribution in [0.4, 0.5) is 0 Å². The lowest BCUT2D eigenvalue weighted by molar-refractivity contribution is 0.575. The van der Waals surface area contributed by atoms with Crippen LogP contribution in [0.3, 0.4) is 0 Å². The normalized spacial score (nSPS) is 12.5. The van der Waals surface area contributed by atoms with Gasteiger partial charge in [0.05, 0.1) is 11.8 Å². The van der Waals surface area contributed by atoms with Crippen LogP contribution < -0.4 is 0 Å². The number of pyridine rings is 1. The van der Waals surface area contributed by atoms with Crippen LogP contribution in [0.1, 0.15) is 5.56 Å². The van der Waals surface area contributed by atoms with E-state index in [0.717, 1.165) is 12.5 Å². The zero-order valence-corrected chi connectivity index (χ0v) is 12.6. The van der Waals surface area contributed by atoms with E-state index in [2.05, 4.69) is 9.97 Å². The van der Waals surface area contributed by atoms with E-state index < -0.39 is 25.0 Å². The summed E-state index contributed by atoms with van der Waals surface area (Å²) in [6, 6.07) is 2.93. The molecule has 2 rings (SSSR count). The van der Waals surface area contributed by atoms with Gasteiger partial charge in [-0.2, -0.15) is 9.23 Å². The molecular weight excluding hydrogens is 328 g/mol. The van der Waals surface area contributed by atoms with E-state index in [0.29, 0.717) is 3.97 Å². The first-order valence-electron chi connectivity index (χ1n) is 4.95. The summed E-state index contributed by atoms with van der Waals surface area (Å²) in [5, 5.41) is 7.92. The lowest BCUT2D eigenvalue weighted by Gasteiger charge is -2.04. The maximum atomic E-state index is 11.8. The smallest absolute Gasteiger partial charge is 0.221 e. The van der Waals surface area contributed by atoms with Crippen molar-refractivity contribution in [1.82, 2.24) is 13.9 Å². The van der Waals surface area contributed by atoms with Crippen LogP contribution in [0, 0.1) is 11.3 Å². The molecule has 0 bridgehead atoms. The van der Waals surface area contributed by atoms with Gasteiger partial charge in [-0.05, 0) is 6.07 Å². The molecule has 11 heteroatoms. The van der Waals surface area contributed by atoms with E-state index >= 15 is 0 Å². The Kier molecular flexibility index (Phi) is 3.24. The Morgan fingerprint density at radius 3 is 2.30 bits per heavy atom. The van der Waals surface area contributed by atoms with Gasteiger partial charge in [-0.1, -0.05) is 11.6 Å². The molecule has 0 aliphatic rings. The van der Waals surface area contributed by atoms with Crippen molar-refractivity contribution in [3.63, 3.8) is 0 Å². The Bertz CT molecular complexity index is 970. The molecule has 20 heavy (non-hydrogen) atoms. The van der Waals surface area contributed by atoms with Crippen LogP contribution >= 0.6 is 11.6 Å². The standard InChI is InChI=1S/C9H7ClN4O4S2/c1-19(15,16)9-12-6-3-5(4-11)7(10)13-8(6)14(9)20(2,17)18/h3H,1-2H3. The van der Waals surface area contributed by atoms with E-state index in [1.807, 2.05) is 0 Å². The third-order valence-corrected chi connectivity index (χ3v) is 4.65. The van der Waals surface area contributed by atoms with Crippen molar-refractivity contribution < 1.29 is 16.8 Å². The summed E-state index contributed by atoms with van der Waals surface area (Å²) in [7, 11) is -7.87. The van der Waals surface area contributed by atoms with Crippen molar-refractivity contribution >= 4 is 42.6 Å². The minimum Gasteiger partial charge on any atom is -0.221 e. The van der Waals surface area contributed by atoms with E-state index in [1.165, 1.54) is 6.07 Å². The summed E-state index contributed by atoms with van der Waals surface area (Å²) in [6.07, 6.45) is 1.64. The molecule has 2 heterocycles. The second-order valence-electron chi connectivity index (χ2n) is 3.98. The Labute approximate surface area is 119 Å². The van der Waals surface area contributed by atoms with Crippen LogP contribution in [-0.4, -0.2) is 43.3 Å². The molecule has 0 spiro atoms. The molecule has 0 unspecified atom stereocenters. The fourth-order valence-corrected chi connectivity index (χ4v) is 3.97. The van der Waals surface area contributed by atoms with Gasteiger partial charge in [0.15, 0.2) is 5.65 Å². The predicted molar refractivity (Wildman–Crippen MR) is 70.6 cm³/mol. The Morgan fingerprint density at radius 1 is 1.25 bits per heavy atom. The van der Waals surface area contributed by atoms with Gasteiger partial charge in [0.2, 0.25) is 25.0 Å². The topological polar surface area (TPSA) is 123 Å². The molecule has 0 fully saturated rings. The highest BCUT2D eigenvalue weighted by Crippen LogP contribution is 2.24. The number of rotatable bonds is 2. The van der Waals surface area contributed by atoms with Gasteiger partial charge in [-0.15, -0.1) is 0 Å². The van der Waals surface area contributed by atoms with Gasteiger partial charge in [0.25, 0.3) is 0 Å². The van der Waals surface area contributed by atoms with Gasteiger partial charge >= 0.3 is 0 Å². The SMILES string of the molecule is CS(=O)(=O)c1nc2cc(C#N)c(Cl)nc2n1S(C)(=O)=O. The first-order valence-corrected chi connectivity index (χ1v) is 9.07. The zero-order chi connectivity index (χ0) is 15.3. The molecule has 106 valence electrons. The Hall–Kier alpha value is -1.70. The van der Waals surface area contributed by atoms with E-state index in [9.17, 15) is 16.8 Å². The molecule has 0 atom stereocenters. The number of halogens is 1. The van der Waals surface area contributed by atoms with E-state index in [4.69, 9.17) is 16.9 Å². The molecule has 0 aliphatic heterocycles. The third kappa shape index (κ3) is 2.35. The first-order chi connectivity index (χ1) is 9.05. The summed E-state index contributed by atoms with van der Waals surface area (Å²) in [4.78, 5) is 7.47. The highest BCUT2D eigenvalue weighted by atomic mass is 35.5. The predicted octanol–water partition coefficient (Wildman–Crippen LogP) is 0.168. The van der Waals surface area contributed by atoms with E-state index in [1.54, 1.807) is 6.07 Å². The summed E-state index contributed by atoms with van der Waals surface area (Å²) in [5.74, 6) is 0. The van der Waals surface area contributed by atoms with Crippen LogP contribution in [0.5, 0.6) is 0 Å². The molecule has 0 saturated heterocycles. The molecule has 0 saturated carbocycles. The van der Waals surface area contributed by atoms with Crippen molar-refractivity contribution in [2.75, 3.05) is 12.5 Å². The third-order valence-electron chi connectivity index (χ3n) is 2.30. The van der Waals surface area contributed by atoms with Gasteiger partial charge in [0.1, 0.15) is 16.7 Å². The second kappa shape index (κ2) is 4.41. The number of sulfone groups is 1. The average Bonchev–Trinajstić information content (AvgIpc) is 2.65. The Balaban J connectivity index is 3.08. The van der Waals surface area contributed by atoms with Crippen molar-refractivity contribution in [2.24, 2.45) is 0 Å². The molecule has 8 nitrogen and oxygen atoms in total. The van der Waals surface area contributed by atoms with Crippen LogP contribution in [0.2, 0.25) is 5.15 Å². The van der Waals surface area contributed by atoms with E-state index in [-0.39, 0.29) is 21.9 Å². The summed E-state index contributed by atoms with van der Waals surface area (Å²) < 4.78 is 47.3. The van der Waals surface area contributed by atoms with Crippen molar-refractivity contribution in [2.45, 2.75) is 5.16 Å². The summed E-state index contributed by atoms with van der Waals surface area (Å²) in [5.41, 5.74) is -0.314. The molecule has 0 aromatic carbocycles. The highest BCUT2D eigenvalue weighted by molar-refractivity contribution is 7.92. The van der Waals surface area contributed by atoms with Gasteiger partial charge in [-0.25, -0.2) is 26.8 Å². The maximum absolute atomic E-state index is 11.8. The van der Waals surface area contributed by atoms with Gasteiger partial charge in [-0.3, -0.25) is 0 Å². The molecule has 2 aromatic rings. The molecular formula is C9H7ClN4O4S2. The van der Waals surface area contributed by atoms with Crippen LogP contribution in [-0.2, 0) is 19.9 Å². The zero-order valence-electron chi connectivity index (χ0n) is 10.2. The number of hydrogen-bond acceptors (Lipinski definition) is 7. The summed E-state index contributed by atoms with van der Waals surface area (Å²) >= 11 is 5.73. The maximum Gasteiger partial charge on any atom is 0.243 e. The number of nitrogens with zero attached hydrogens (tertiary/aromatic N) is 4. The molecule has 0 radical (unpaired) electrons. The fraction of sp³-hybridized carbons (Fsp3) is 0.222. The fourth-order valence-electron chi connectivity index (χ4n) is 1.55. The molecule has 2 aromatic heterocycles. The van der Waals surface area contributed by atoms with Crippen molar-refractivity contribution in [1.29, 1.82) is 5.26 Å². The lowest BCUT2D eigenvalue weighted by atomic mass is 10.3. The van der Waals surface area contributed by atoms with Crippen molar-refractivity contribution in [3.8, 4) is 6.07 Å². The Morgan fingerprint density at radius 2 is 1.85 bits per heavy atom. The largest absolute Gasteiger partial charge is 0.243 e. The number of imidazole rings is 1. The molecule has 0 amide bonds. The lowest BCUT2D eigenvalue weighted by Crippen LogP contribution is -2.17. The van der Waals surface area contributed by atoms with Crippen molar-refractivity contribution in [3.05, 3.63) is 16.8 Å². The summed E-state index contributed by atoms with van der Waals surface area (Å²) in [6.45, 7) is 0. The minimum absolute atomic E-state index is 0.0302. The number of fused-ring (bicyclic) bond motifs is 1. The van der Waals surface area contributed by atoms with Crippen LogP contribution in [0.15, 0.2) is 11.2 Å². The number of nitriles is 1. The first kappa shape index (κ1) is 14.7. The molecule has 0 N–H and O–H groups in total. The minimum atomic E-state index is -3.97. The number of aromatic nitrogens is 3. The quantitative estimate of drug-likeness (QED) is 0.717. The highest BCUT2D eigenvalue weighted by Gasteiger charge is 2.26. The molecule has 0 aliphatic carbocycles. The van der Waals surface area contributed by atoms with Gasteiger partial charge < -0.3 is 0 Å². The number of hydrogen-bond donors (Lipinski definition) is 0. The average molecular weight is 335 g/mol. The van der Waals surface area contributed by atoms with Gasteiger partial charge in [0, 0.05) is 6.26 Å². The monoisotopic (exact) mass is 334 g/mol. The van der Waals surface area contributed by atoms with Crippen LogP contribution in [0.25, 0.3) is 11.2 Å². The second-order valence-corrected chi connectivity index (χ2v) is 8.07.